The fourth-order valence-electron chi connectivity index (χ4n) is 3.16. The number of nitrogens with zero attached hydrogens (tertiary/aromatic N) is 2. The van der Waals surface area contributed by atoms with E-state index in [0.717, 1.165) is 16.8 Å². The van der Waals surface area contributed by atoms with Crippen LogP contribution in [0.3, 0.4) is 0 Å². The molecule has 2 amide bonds. The molecule has 0 bridgehead atoms. The molecule has 146 valence electrons. The van der Waals surface area contributed by atoms with E-state index in [4.69, 9.17) is 9.57 Å². The lowest BCUT2D eigenvalue weighted by molar-refractivity contribution is -0.141. The average molecular weight is 389 g/mol. The summed E-state index contributed by atoms with van der Waals surface area (Å²) in [6, 6.07) is 7.26. The highest BCUT2D eigenvalue weighted by Gasteiger charge is 2.45. The Kier molecular flexibility index (Phi) is 4.43. The van der Waals surface area contributed by atoms with Crippen LogP contribution < -0.4 is 11.2 Å². The normalized spacial score (nSPS) is 26.7. The number of amides is 2. The number of hydrogen-bond donors (Lipinski definition) is 3. The van der Waals surface area contributed by atoms with Crippen molar-refractivity contribution in [2.24, 2.45) is 0 Å². The lowest BCUT2D eigenvalue weighted by Gasteiger charge is -2.18. The second-order valence-electron chi connectivity index (χ2n) is 6.31. The number of nitrogens with one attached hydrogen (secondary N) is 1. The van der Waals surface area contributed by atoms with Gasteiger partial charge >= 0.3 is 5.69 Å². The van der Waals surface area contributed by atoms with E-state index in [2.05, 4.69) is 0 Å². The first-order valence-corrected chi connectivity index (χ1v) is 8.32. The summed E-state index contributed by atoms with van der Waals surface area (Å²) in [6.07, 6.45) is -4.26. The van der Waals surface area contributed by atoms with Crippen molar-refractivity contribution in [3.05, 3.63) is 68.5 Å². The molecule has 2 aliphatic heterocycles. The number of H-pyrrole nitrogens is 1. The lowest BCUT2D eigenvalue weighted by atomic mass is 10.1. The van der Waals surface area contributed by atoms with E-state index in [9.17, 15) is 29.4 Å². The van der Waals surface area contributed by atoms with Crippen molar-refractivity contribution in [1.82, 2.24) is 14.6 Å². The van der Waals surface area contributed by atoms with E-state index < -0.39 is 54.2 Å². The Balaban J connectivity index is 1.48. The molecule has 3 N–H and O–H groups in total. The summed E-state index contributed by atoms with van der Waals surface area (Å²) in [6.45, 7) is -0.432. The first kappa shape index (κ1) is 18.3. The zero-order valence-electron chi connectivity index (χ0n) is 14.2. The summed E-state index contributed by atoms with van der Waals surface area (Å²) >= 11 is 0. The number of aromatic amines is 1. The number of aliphatic hydroxyl groups excluding tert-OH is 2. The summed E-state index contributed by atoms with van der Waals surface area (Å²) in [5, 5.41) is 20.9. The molecular formula is C17H15N3O8. The van der Waals surface area contributed by atoms with Crippen LogP contribution in [0.15, 0.2) is 46.1 Å². The van der Waals surface area contributed by atoms with Crippen molar-refractivity contribution >= 4 is 11.8 Å². The first-order valence-electron chi connectivity index (χ1n) is 8.32. The largest absolute Gasteiger partial charge is 0.387 e. The van der Waals surface area contributed by atoms with Gasteiger partial charge in [-0.25, -0.2) is 4.79 Å². The Morgan fingerprint density at radius 3 is 2.25 bits per heavy atom. The maximum Gasteiger partial charge on any atom is 0.330 e. The molecule has 2 unspecified atom stereocenters. The van der Waals surface area contributed by atoms with Crippen molar-refractivity contribution in [3.8, 4) is 0 Å². The number of ether oxygens (including phenoxy) is 1. The van der Waals surface area contributed by atoms with E-state index in [1.807, 2.05) is 4.98 Å². The van der Waals surface area contributed by atoms with Crippen LogP contribution in [0.2, 0.25) is 0 Å². The van der Waals surface area contributed by atoms with Crippen LogP contribution in [-0.2, 0) is 9.57 Å². The number of carbonyl (C=O) groups is 2. The van der Waals surface area contributed by atoms with Gasteiger partial charge in [0.2, 0.25) is 0 Å². The van der Waals surface area contributed by atoms with Crippen molar-refractivity contribution in [2.75, 3.05) is 6.61 Å². The fraction of sp³-hybridized carbons (Fsp3) is 0.294. The van der Waals surface area contributed by atoms with E-state index >= 15 is 0 Å². The van der Waals surface area contributed by atoms with Crippen molar-refractivity contribution in [1.29, 1.82) is 0 Å². The highest BCUT2D eigenvalue weighted by atomic mass is 16.7. The molecule has 0 radical (unpaired) electrons. The van der Waals surface area contributed by atoms with Crippen LogP contribution >= 0.6 is 0 Å². The van der Waals surface area contributed by atoms with E-state index in [1.165, 1.54) is 12.1 Å². The average Bonchev–Trinajstić information content (AvgIpc) is 3.09. The molecule has 0 aliphatic carbocycles. The Bertz CT molecular complexity index is 1030. The number of hydrogen-bond acceptors (Lipinski definition) is 8. The molecule has 4 atom stereocenters. The molecule has 4 rings (SSSR count). The van der Waals surface area contributed by atoms with Gasteiger partial charge in [0.1, 0.15) is 24.9 Å². The molecule has 11 nitrogen and oxygen atoms in total. The third-order valence-electron chi connectivity index (χ3n) is 4.59. The van der Waals surface area contributed by atoms with Gasteiger partial charge in [-0.05, 0) is 12.1 Å². The van der Waals surface area contributed by atoms with Gasteiger partial charge in [-0.3, -0.25) is 28.8 Å². The van der Waals surface area contributed by atoms with Crippen LogP contribution in [-0.4, -0.2) is 61.6 Å². The number of fused-ring (bicyclic) bond motifs is 1. The molecule has 0 saturated carbocycles. The maximum absolute atomic E-state index is 12.3. The summed E-state index contributed by atoms with van der Waals surface area (Å²) in [5.41, 5.74) is -1.07. The van der Waals surface area contributed by atoms with Crippen LogP contribution in [0.4, 0.5) is 0 Å². The van der Waals surface area contributed by atoms with Crippen molar-refractivity contribution in [3.63, 3.8) is 0 Å². The molecule has 3 heterocycles. The molecule has 11 heteroatoms. The van der Waals surface area contributed by atoms with E-state index in [1.54, 1.807) is 12.1 Å². The van der Waals surface area contributed by atoms with Gasteiger partial charge in [-0.1, -0.05) is 12.1 Å². The summed E-state index contributed by atoms with van der Waals surface area (Å²) in [7, 11) is 0. The van der Waals surface area contributed by atoms with Crippen LogP contribution in [0.1, 0.15) is 26.9 Å². The molecule has 1 aromatic carbocycles. The minimum absolute atomic E-state index is 0.193. The number of imide groups is 1. The monoisotopic (exact) mass is 389 g/mol. The Morgan fingerprint density at radius 2 is 1.64 bits per heavy atom. The predicted molar refractivity (Wildman–Crippen MR) is 90.1 cm³/mol. The van der Waals surface area contributed by atoms with Crippen LogP contribution in [0, 0.1) is 0 Å². The van der Waals surface area contributed by atoms with Gasteiger partial charge in [-0.2, -0.15) is 0 Å². The minimum Gasteiger partial charge on any atom is -0.387 e. The van der Waals surface area contributed by atoms with Crippen LogP contribution in [0.5, 0.6) is 0 Å². The number of benzene rings is 1. The zero-order chi connectivity index (χ0) is 20.0. The van der Waals surface area contributed by atoms with Crippen molar-refractivity contribution < 1.29 is 29.4 Å². The molecule has 0 spiro atoms. The van der Waals surface area contributed by atoms with Gasteiger partial charge < -0.3 is 14.9 Å². The quantitative estimate of drug-likeness (QED) is 0.528. The third kappa shape index (κ3) is 2.86. The smallest absolute Gasteiger partial charge is 0.330 e. The minimum atomic E-state index is -1.50. The molecule has 2 aliphatic rings. The summed E-state index contributed by atoms with van der Waals surface area (Å²) in [5.74, 6) is -1.30. The van der Waals surface area contributed by atoms with Gasteiger partial charge in [0.25, 0.3) is 17.4 Å². The molecule has 2 aromatic rings. The third-order valence-corrected chi connectivity index (χ3v) is 4.59. The van der Waals surface area contributed by atoms with Gasteiger partial charge in [-0.15, -0.1) is 5.06 Å². The second-order valence-corrected chi connectivity index (χ2v) is 6.31. The molecule has 1 saturated heterocycles. The number of aromatic nitrogens is 2. The number of aliphatic hydroxyl groups is 2. The Labute approximate surface area is 156 Å². The summed E-state index contributed by atoms with van der Waals surface area (Å²) in [4.78, 5) is 54.8. The van der Waals surface area contributed by atoms with Gasteiger partial charge in [0.15, 0.2) is 6.23 Å². The Morgan fingerprint density at radius 1 is 1.00 bits per heavy atom. The first-order chi connectivity index (χ1) is 13.4. The van der Waals surface area contributed by atoms with E-state index in [-0.39, 0.29) is 11.1 Å². The number of rotatable bonds is 4. The van der Waals surface area contributed by atoms with Gasteiger partial charge in [0, 0.05) is 12.3 Å². The topological polar surface area (TPSA) is 151 Å². The van der Waals surface area contributed by atoms with E-state index in [0.29, 0.717) is 5.06 Å². The van der Waals surface area contributed by atoms with Crippen LogP contribution in [0.25, 0.3) is 0 Å². The second kappa shape index (κ2) is 6.80. The van der Waals surface area contributed by atoms with Gasteiger partial charge in [0.05, 0.1) is 11.1 Å². The zero-order valence-corrected chi connectivity index (χ0v) is 14.2. The SMILES string of the molecule is O=C1c2ccccc2C(=O)N1OC[C@@H]1O[C@H](n2ccc(=O)[nH]c2=O)C(O)C1O. The maximum atomic E-state index is 12.3. The molecule has 28 heavy (non-hydrogen) atoms. The number of hydroxylamine groups is 2. The molecule has 1 fully saturated rings. The highest BCUT2D eigenvalue weighted by molar-refractivity contribution is 6.20. The molecular weight excluding hydrogens is 374 g/mol. The lowest BCUT2D eigenvalue weighted by Crippen LogP contribution is -2.39. The molecule has 1 aromatic heterocycles. The van der Waals surface area contributed by atoms with Crippen molar-refractivity contribution in [2.45, 2.75) is 24.5 Å². The highest BCUT2D eigenvalue weighted by Crippen LogP contribution is 2.29. The number of carbonyl (C=O) groups excluding carboxylic acids is 2. The standard InChI is InChI=1S/C17H15N3O8/c21-11-5-6-19(17(26)18-11)16-13(23)12(22)10(28-16)7-27-20-14(24)8-3-1-2-4-9(8)15(20)25/h1-6,10,12-13,16,22-23H,7H2,(H,18,21,26)/t10-,12?,13?,16-/m0/s1. The predicted octanol–water partition coefficient (Wildman–Crippen LogP) is -1.62. The fourth-order valence-corrected chi connectivity index (χ4v) is 3.16. The Hall–Kier alpha value is -3.12. The summed E-state index contributed by atoms with van der Waals surface area (Å²) < 4.78 is 6.38.